The summed E-state index contributed by atoms with van der Waals surface area (Å²) in [7, 11) is 0. The Balaban J connectivity index is 1.28. The summed E-state index contributed by atoms with van der Waals surface area (Å²) in [6.45, 7) is 0. The lowest BCUT2D eigenvalue weighted by molar-refractivity contribution is -0.117. The highest BCUT2D eigenvalue weighted by atomic mass is 16.2. The zero-order valence-corrected chi connectivity index (χ0v) is 19.1. The molecule has 1 aliphatic rings. The van der Waals surface area contributed by atoms with Gasteiger partial charge in [0.25, 0.3) is 0 Å². The van der Waals surface area contributed by atoms with Crippen molar-refractivity contribution in [3.05, 3.63) is 73.6 Å². The molecule has 6 aromatic heterocycles. The highest BCUT2D eigenvalue weighted by Gasteiger charge is 2.29. The number of pyridine rings is 4. The second-order valence-electron chi connectivity index (χ2n) is 8.97. The van der Waals surface area contributed by atoms with E-state index in [1.165, 1.54) is 0 Å². The second kappa shape index (κ2) is 8.09. The van der Waals surface area contributed by atoms with E-state index in [-0.39, 0.29) is 11.8 Å². The molecule has 0 unspecified atom stereocenters. The number of fused-ring (bicyclic) bond motifs is 2. The minimum atomic E-state index is 0.0543. The summed E-state index contributed by atoms with van der Waals surface area (Å²) >= 11 is 0. The van der Waals surface area contributed by atoms with Crippen LogP contribution in [-0.2, 0) is 4.79 Å². The van der Waals surface area contributed by atoms with Crippen molar-refractivity contribution in [1.29, 1.82) is 0 Å². The molecule has 0 spiro atoms. The van der Waals surface area contributed by atoms with E-state index in [9.17, 15) is 4.79 Å². The first-order valence-corrected chi connectivity index (χ1v) is 11.7. The van der Waals surface area contributed by atoms with Gasteiger partial charge in [-0.1, -0.05) is 0 Å². The molecule has 0 aliphatic heterocycles. The Morgan fingerprint density at radius 2 is 1.78 bits per heavy atom. The van der Waals surface area contributed by atoms with Crippen molar-refractivity contribution in [2.45, 2.75) is 12.8 Å². The molecule has 0 atom stereocenters. The van der Waals surface area contributed by atoms with Crippen LogP contribution in [0, 0.1) is 5.92 Å². The van der Waals surface area contributed by atoms with Crippen molar-refractivity contribution in [2.24, 2.45) is 5.92 Å². The molecule has 7 rings (SSSR count). The van der Waals surface area contributed by atoms with E-state index in [0.29, 0.717) is 11.3 Å². The number of aromatic amines is 2. The van der Waals surface area contributed by atoms with E-state index >= 15 is 0 Å². The van der Waals surface area contributed by atoms with Crippen LogP contribution in [0.4, 0.5) is 5.69 Å². The fourth-order valence-corrected chi connectivity index (χ4v) is 4.44. The van der Waals surface area contributed by atoms with Gasteiger partial charge in [0.2, 0.25) is 5.91 Å². The molecule has 6 aromatic rings. The first-order valence-electron chi connectivity index (χ1n) is 11.7. The van der Waals surface area contributed by atoms with Crippen LogP contribution < -0.4 is 5.32 Å². The largest absolute Gasteiger partial charge is 0.353 e. The average molecular weight is 473 g/mol. The SMILES string of the molecule is O=C(Nc1cncc(-c2cnc3n[nH]c(-c4cc5c(-c6cccnc6)nccc5[nH]4)c3c2)c1)C1CC1. The molecule has 0 saturated heterocycles. The molecular weight excluding hydrogens is 452 g/mol. The minimum absolute atomic E-state index is 0.0543. The third-order valence-corrected chi connectivity index (χ3v) is 6.45. The third kappa shape index (κ3) is 3.58. The van der Waals surface area contributed by atoms with Crippen LogP contribution >= 0.6 is 0 Å². The predicted molar refractivity (Wildman–Crippen MR) is 137 cm³/mol. The molecule has 1 fully saturated rings. The molecule has 6 heterocycles. The van der Waals surface area contributed by atoms with E-state index in [4.69, 9.17) is 0 Å². The number of hydrogen-bond acceptors (Lipinski definition) is 6. The zero-order valence-electron chi connectivity index (χ0n) is 19.1. The maximum atomic E-state index is 12.2. The molecule has 1 amide bonds. The third-order valence-electron chi connectivity index (χ3n) is 6.45. The van der Waals surface area contributed by atoms with Gasteiger partial charge in [0.05, 0.1) is 29.0 Å². The van der Waals surface area contributed by atoms with Crippen LogP contribution in [0.3, 0.4) is 0 Å². The molecule has 36 heavy (non-hydrogen) atoms. The van der Waals surface area contributed by atoms with E-state index in [1.807, 2.05) is 36.5 Å². The summed E-state index contributed by atoms with van der Waals surface area (Å²) in [6.07, 6.45) is 12.5. The normalized spacial score (nSPS) is 13.3. The maximum absolute atomic E-state index is 12.2. The van der Waals surface area contributed by atoms with Gasteiger partial charge in [-0.25, -0.2) is 4.98 Å². The number of aromatic nitrogens is 7. The fourth-order valence-electron chi connectivity index (χ4n) is 4.44. The van der Waals surface area contributed by atoms with Crippen LogP contribution in [0.2, 0.25) is 0 Å². The average Bonchev–Trinajstić information content (AvgIpc) is 3.55. The van der Waals surface area contributed by atoms with Gasteiger partial charge in [-0.15, -0.1) is 0 Å². The van der Waals surface area contributed by atoms with Crippen LogP contribution in [0.5, 0.6) is 0 Å². The lowest BCUT2D eigenvalue weighted by atomic mass is 10.1. The molecule has 1 saturated carbocycles. The lowest BCUT2D eigenvalue weighted by Gasteiger charge is -2.07. The number of nitrogens with one attached hydrogen (secondary N) is 3. The Morgan fingerprint density at radius 1 is 0.889 bits per heavy atom. The quantitative estimate of drug-likeness (QED) is 0.325. The molecule has 9 heteroatoms. The summed E-state index contributed by atoms with van der Waals surface area (Å²) in [5, 5.41) is 12.4. The van der Waals surface area contributed by atoms with Gasteiger partial charge in [0.15, 0.2) is 5.65 Å². The van der Waals surface area contributed by atoms with Crippen LogP contribution in [0.25, 0.3) is 55.7 Å². The van der Waals surface area contributed by atoms with Gasteiger partial charge in [-0.2, -0.15) is 5.10 Å². The van der Waals surface area contributed by atoms with Crippen molar-refractivity contribution in [1.82, 2.24) is 35.1 Å². The number of anilines is 1. The lowest BCUT2D eigenvalue weighted by Crippen LogP contribution is -2.13. The van der Waals surface area contributed by atoms with Crippen molar-refractivity contribution in [3.63, 3.8) is 0 Å². The maximum Gasteiger partial charge on any atom is 0.227 e. The van der Waals surface area contributed by atoms with E-state index in [2.05, 4.69) is 46.5 Å². The number of carbonyl (C=O) groups excluding carboxylic acids is 1. The number of carbonyl (C=O) groups is 1. The van der Waals surface area contributed by atoms with Crippen molar-refractivity contribution in [2.75, 3.05) is 5.32 Å². The Kier molecular flexibility index (Phi) is 4.60. The first kappa shape index (κ1) is 20.5. The Hall–Kier alpha value is -4.92. The summed E-state index contributed by atoms with van der Waals surface area (Å²) in [5.41, 5.74) is 7.54. The molecule has 174 valence electrons. The van der Waals surface area contributed by atoms with E-state index < -0.39 is 0 Å². The number of hydrogen-bond donors (Lipinski definition) is 3. The van der Waals surface area contributed by atoms with Crippen molar-refractivity contribution >= 4 is 33.5 Å². The Bertz CT molecular complexity index is 1750. The van der Waals surface area contributed by atoms with Gasteiger partial charge >= 0.3 is 0 Å². The standard InChI is InChI=1S/C27H20N8O/c36-27(15-3-4-15)32-19-8-17(12-29-14-19)18-9-21-25(34-35-26(21)31-13-18)23-10-20-22(33-23)5-7-30-24(20)16-2-1-6-28-11-16/h1-2,5-15,33H,3-4H2,(H,32,36)(H,31,34,35). The highest BCUT2D eigenvalue weighted by Crippen LogP contribution is 2.34. The molecule has 3 N–H and O–H groups in total. The molecular formula is C27H20N8O. The molecule has 9 nitrogen and oxygen atoms in total. The molecule has 0 radical (unpaired) electrons. The van der Waals surface area contributed by atoms with Crippen molar-refractivity contribution in [3.8, 4) is 33.8 Å². The van der Waals surface area contributed by atoms with Crippen LogP contribution in [0.1, 0.15) is 12.8 Å². The zero-order chi connectivity index (χ0) is 24.1. The van der Waals surface area contributed by atoms with Crippen molar-refractivity contribution < 1.29 is 4.79 Å². The Labute approximate surface area is 205 Å². The topological polar surface area (TPSA) is 125 Å². The van der Waals surface area contributed by atoms with Gasteiger partial charge in [0.1, 0.15) is 0 Å². The second-order valence-corrected chi connectivity index (χ2v) is 8.97. The number of H-pyrrole nitrogens is 2. The van der Waals surface area contributed by atoms with Crippen LogP contribution in [-0.4, -0.2) is 41.0 Å². The van der Waals surface area contributed by atoms with E-state index in [1.54, 1.807) is 31.0 Å². The van der Waals surface area contributed by atoms with E-state index in [0.717, 1.165) is 62.9 Å². The molecule has 0 bridgehead atoms. The molecule has 1 aliphatic carbocycles. The first-order chi connectivity index (χ1) is 17.7. The highest BCUT2D eigenvalue weighted by molar-refractivity contribution is 6.00. The number of amides is 1. The summed E-state index contributed by atoms with van der Waals surface area (Å²) in [5.74, 6) is 0.184. The Morgan fingerprint density at radius 3 is 2.64 bits per heavy atom. The number of rotatable bonds is 5. The van der Waals surface area contributed by atoms with Gasteiger partial charge in [-0.05, 0) is 49.2 Å². The predicted octanol–water partition coefficient (Wildman–Crippen LogP) is 4.97. The van der Waals surface area contributed by atoms with Crippen LogP contribution in [0.15, 0.2) is 73.6 Å². The summed E-state index contributed by atoms with van der Waals surface area (Å²) < 4.78 is 0. The minimum Gasteiger partial charge on any atom is -0.353 e. The van der Waals surface area contributed by atoms with Gasteiger partial charge < -0.3 is 10.3 Å². The summed E-state index contributed by atoms with van der Waals surface area (Å²) in [6, 6.07) is 11.9. The van der Waals surface area contributed by atoms with Gasteiger partial charge in [0, 0.05) is 69.9 Å². The van der Waals surface area contributed by atoms with Gasteiger partial charge in [-0.3, -0.25) is 24.8 Å². The molecule has 0 aromatic carbocycles. The smallest absolute Gasteiger partial charge is 0.227 e. The summed E-state index contributed by atoms with van der Waals surface area (Å²) in [4.78, 5) is 33.4. The number of nitrogens with zero attached hydrogens (tertiary/aromatic N) is 5. The fraction of sp³-hybridized carbons (Fsp3) is 0.111. The monoisotopic (exact) mass is 472 g/mol.